The topological polar surface area (TPSA) is 109 Å². The molecule has 0 fully saturated rings. The fourth-order valence-corrected chi connectivity index (χ4v) is 3.09. The lowest BCUT2D eigenvalue weighted by Gasteiger charge is -2.14. The van der Waals surface area contributed by atoms with Crippen LogP contribution in [0.3, 0.4) is 0 Å². The number of carboxylic acids is 1. The van der Waals surface area contributed by atoms with Crippen molar-refractivity contribution >= 4 is 52.6 Å². The maximum atomic E-state index is 11.6. The summed E-state index contributed by atoms with van der Waals surface area (Å²) >= 11 is 0. The van der Waals surface area contributed by atoms with E-state index < -0.39 is 5.97 Å². The van der Waals surface area contributed by atoms with Crippen LogP contribution in [0.2, 0.25) is 0 Å². The average Bonchev–Trinajstić information content (AvgIpc) is 2.60. The van der Waals surface area contributed by atoms with Crippen molar-refractivity contribution in [2.45, 2.75) is 0 Å². The first kappa shape index (κ1) is 15.4. The van der Waals surface area contributed by atoms with Crippen molar-refractivity contribution in [3.05, 3.63) is 51.7 Å². The van der Waals surface area contributed by atoms with Crippen LogP contribution in [0.1, 0.15) is 41.4 Å². The van der Waals surface area contributed by atoms with Crippen LogP contribution in [0, 0.1) is 0 Å². The Balaban J connectivity index is 2.84. The van der Waals surface area contributed by atoms with Crippen molar-refractivity contribution in [1.29, 1.82) is 0 Å². The van der Waals surface area contributed by atoms with Crippen LogP contribution in [0.5, 0.6) is 0 Å². The molecule has 0 aliphatic carbocycles. The number of aromatic carboxylic acids is 1. The molecule has 0 aliphatic heterocycles. The van der Waals surface area contributed by atoms with Crippen LogP contribution in [0.4, 0.5) is 0 Å². The summed E-state index contributed by atoms with van der Waals surface area (Å²) in [6, 6.07) is 6.20. The lowest BCUT2D eigenvalue weighted by atomic mass is 9.87. The molecule has 0 aromatic heterocycles. The largest absolute Gasteiger partial charge is 0.515 e. The van der Waals surface area contributed by atoms with Crippen LogP contribution in [0.15, 0.2) is 24.3 Å². The molecule has 118 valence electrons. The normalized spacial score (nSPS) is 11.8. The van der Waals surface area contributed by atoms with E-state index in [1.54, 1.807) is 18.2 Å². The van der Waals surface area contributed by atoms with Gasteiger partial charge in [0.2, 0.25) is 0 Å². The Bertz CT molecular complexity index is 1090. The van der Waals surface area contributed by atoms with Gasteiger partial charge < -0.3 is 10.2 Å². The van der Waals surface area contributed by atoms with Crippen molar-refractivity contribution in [3.63, 3.8) is 0 Å². The highest BCUT2D eigenvalue weighted by molar-refractivity contribution is 6.24. The SMILES string of the molecule is O=Cc1c(C=O)c2cccc3cc(C(=O)O)c(=CO)c(c1C=O)c32. The van der Waals surface area contributed by atoms with Crippen molar-refractivity contribution in [1.82, 2.24) is 0 Å². The van der Waals surface area contributed by atoms with Gasteiger partial charge in [0.15, 0.2) is 18.9 Å². The minimum Gasteiger partial charge on any atom is -0.515 e. The number of carboxylic acid groups (broad SMARTS) is 1. The van der Waals surface area contributed by atoms with Gasteiger partial charge in [-0.1, -0.05) is 18.2 Å². The Labute approximate surface area is 134 Å². The summed E-state index contributed by atoms with van der Waals surface area (Å²) in [6.07, 6.45) is 1.84. The van der Waals surface area contributed by atoms with Gasteiger partial charge in [0, 0.05) is 27.3 Å². The third-order valence-electron chi connectivity index (χ3n) is 4.06. The quantitative estimate of drug-likeness (QED) is 0.712. The molecule has 0 unspecified atom stereocenters. The van der Waals surface area contributed by atoms with E-state index in [2.05, 4.69) is 0 Å². The van der Waals surface area contributed by atoms with E-state index in [1.807, 2.05) is 0 Å². The van der Waals surface area contributed by atoms with Crippen LogP contribution in [0.25, 0.3) is 27.8 Å². The molecule has 3 rings (SSSR count). The molecule has 0 heterocycles. The van der Waals surface area contributed by atoms with E-state index in [1.165, 1.54) is 6.07 Å². The van der Waals surface area contributed by atoms with E-state index in [0.717, 1.165) is 0 Å². The third kappa shape index (κ3) is 1.90. The second-order valence-electron chi connectivity index (χ2n) is 5.15. The van der Waals surface area contributed by atoms with E-state index in [4.69, 9.17) is 0 Å². The summed E-state index contributed by atoms with van der Waals surface area (Å²) in [5, 5.41) is 20.3. The Morgan fingerprint density at radius 3 is 2.12 bits per heavy atom. The molecule has 0 radical (unpaired) electrons. The summed E-state index contributed by atoms with van der Waals surface area (Å²) in [4.78, 5) is 46.0. The molecule has 3 aromatic rings. The molecule has 24 heavy (non-hydrogen) atoms. The number of benzene rings is 3. The molecular weight excluding hydrogens is 312 g/mol. The first-order valence-corrected chi connectivity index (χ1v) is 6.87. The Morgan fingerprint density at radius 2 is 1.58 bits per heavy atom. The van der Waals surface area contributed by atoms with Gasteiger partial charge in [-0.25, -0.2) is 4.79 Å². The molecule has 0 saturated carbocycles. The zero-order valence-electron chi connectivity index (χ0n) is 12.1. The fraction of sp³-hybridized carbons (Fsp3) is 0. The van der Waals surface area contributed by atoms with Crippen LogP contribution < -0.4 is 5.22 Å². The van der Waals surface area contributed by atoms with Gasteiger partial charge >= 0.3 is 5.97 Å². The van der Waals surface area contributed by atoms with E-state index >= 15 is 0 Å². The predicted octanol–water partition coefficient (Wildman–Crippen LogP) is 2.14. The fourth-order valence-electron chi connectivity index (χ4n) is 3.09. The van der Waals surface area contributed by atoms with Gasteiger partial charge in [-0.15, -0.1) is 0 Å². The first-order chi connectivity index (χ1) is 11.6. The van der Waals surface area contributed by atoms with Crippen LogP contribution in [-0.2, 0) is 0 Å². The molecule has 3 aromatic carbocycles. The number of carbonyl (C=O) groups excluding carboxylic acids is 3. The molecule has 0 spiro atoms. The molecule has 2 N–H and O–H groups in total. The second-order valence-corrected chi connectivity index (χ2v) is 5.15. The number of hydrogen-bond acceptors (Lipinski definition) is 5. The van der Waals surface area contributed by atoms with E-state index in [-0.39, 0.29) is 32.9 Å². The predicted molar refractivity (Wildman–Crippen MR) is 86.9 cm³/mol. The smallest absolute Gasteiger partial charge is 0.336 e. The molecule has 6 heteroatoms. The lowest BCUT2D eigenvalue weighted by molar-refractivity contribution is 0.0695. The van der Waals surface area contributed by atoms with Crippen molar-refractivity contribution < 1.29 is 29.4 Å². The Morgan fingerprint density at radius 1 is 0.917 bits per heavy atom. The molecular formula is C18H10O6. The van der Waals surface area contributed by atoms with Crippen molar-refractivity contribution in [2.75, 3.05) is 0 Å². The molecule has 6 nitrogen and oxygen atoms in total. The molecule has 0 saturated heterocycles. The monoisotopic (exact) mass is 322 g/mol. The molecule has 0 bridgehead atoms. The van der Waals surface area contributed by atoms with Gasteiger partial charge in [0.05, 0.1) is 11.8 Å². The Hall–Kier alpha value is -3.54. The highest BCUT2D eigenvalue weighted by Gasteiger charge is 2.21. The number of rotatable bonds is 4. The van der Waals surface area contributed by atoms with Crippen LogP contribution >= 0.6 is 0 Å². The maximum absolute atomic E-state index is 11.6. The highest BCUT2D eigenvalue weighted by Crippen LogP contribution is 2.32. The minimum atomic E-state index is -1.29. The van der Waals surface area contributed by atoms with Gasteiger partial charge in [0.25, 0.3) is 0 Å². The Kier molecular flexibility index (Phi) is 3.57. The summed E-state index contributed by atoms with van der Waals surface area (Å²) in [7, 11) is 0. The standard InChI is InChI=1S/C18H10O6/c19-5-12-10-3-1-2-9-4-11(18(23)24)14(7-21)17(16(9)10)15(8-22)13(12)6-20/h1-8,21H,(H,23,24). The number of hydrogen-bond donors (Lipinski definition) is 2. The summed E-state index contributed by atoms with van der Waals surface area (Å²) < 4.78 is 0. The summed E-state index contributed by atoms with van der Waals surface area (Å²) in [5.74, 6) is -1.29. The summed E-state index contributed by atoms with van der Waals surface area (Å²) in [6.45, 7) is 0. The van der Waals surface area contributed by atoms with E-state index in [9.17, 15) is 29.4 Å². The van der Waals surface area contributed by atoms with Gasteiger partial charge in [-0.05, 0) is 22.2 Å². The number of aldehydes is 3. The van der Waals surface area contributed by atoms with E-state index in [0.29, 0.717) is 41.3 Å². The number of aliphatic hydroxyl groups excluding tert-OH is 1. The second kappa shape index (κ2) is 5.58. The molecule has 0 atom stereocenters. The van der Waals surface area contributed by atoms with Gasteiger partial charge in [0.1, 0.15) is 0 Å². The molecule has 0 amide bonds. The summed E-state index contributed by atoms with van der Waals surface area (Å²) in [5.41, 5.74) is -0.418. The van der Waals surface area contributed by atoms with Crippen molar-refractivity contribution in [3.8, 4) is 0 Å². The zero-order chi connectivity index (χ0) is 17.4. The first-order valence-electron chi connectivity index (χ1n) is 6.87. The minimum absolute atomic E-state index is 0.0529. The highest BCUT2D eigenvalue weighted by atomic mass is 16.4. The number of aliphatic hydroxyl groups is 1. The maximum Gasteiger partial charge on any atom is 0.336 e. The average molecular weight is 322 g/mol. The lowest BCUT2D eigenvalue weighted by Crippen LogP contribution is -2.19. The van der Waals surface area contributed by atoms with Gasteiger partial charge in [-0.2, -0.15) is 0 Å². The molecule has 0 aliphatic rings. The van der Waals surface area contributed by atoms with Crippen molar-refractivity contribution in [2.24, 2.45) is 0 Å². The third-order valence-corrected chi connectivity index (χ3v) is 4.06. The van der Waals surface area contributed by atoms with Gasteiger partial charge in [-0.3, -0.25) is 14.4 Å². The zero-order valence-corrected chi connectivity index (χ0v) is 12.1. The number of carbonyl (C=O) groups is 4. The van der Waals surface area contributed by atoms with Crippen LogP contribution in [-0.4, -0.2) is 35.0 Å².